The number of carbonyl (C=O) groups is 2. The Morgan fingerprint density at radius 3 is 2.85 bits per heavy atom. The number of nitrogens with two attached hydrogens (primary N) is 1. The monoisotopic (exact) mass is 352 g/mol. The number of para-hydroxylation sites is 1. The van der Waals surface area contributed by atoms with Gasteiger partial charge < -0.3 is 20.5 Å². The van der Waals surface area contributed by atoms with Gasteiger partial charge in [-0.3, -0.25) is 9.59 Å². The van der Waals surface area contributed by atoms with Crippen LogP contribution >= 0.6 is 0 Å². The van der Waals surface area contributed by atoms with Crippen LogP contribution in [0.2, 0.25) is 0 Å². The van der Waals surface area contributed by atoms with Crippen molar-refractivity contribution in [2.45, 2.75) is 50.2 Å². The van der Waals surface area contributed by atoms with E-state index in [1.54, 1.807) is 0 Å². The molecule has 0 saturated carbocycles. The van der Waals surface area contributed by atoms with Gasteiger partial charge in [0.05, 0.1) is 6.04 Å². The lowest BCUT2D eigenvalue weighted by atomic mass is 9.86. The minimum absolute atomic E-state index is 0.0844. The summed E-state index contributed by atoms with van der Waals surface area (Å²) in [5, 5.41) is 1.17. The fourth-order valence-corrected chi connectivity index (χ4v) is 5.13. The standard InChI is InChI=1S/C20H24N4O2/c21-9-3-7-15-18-13(12-5-1-2-6-14(12)22-18)11-17-19(25)23-10-4-8-16(23)20(26)24(15)17/h1-2,5-6,15-17,22H,3-4,7-11,21H2/t15-,16+,17+/m1/s1. The predicted molar refractivity (Wildman–Crippen MR) is 98.4 cm³/mol. The average molecular weight is 352 g/mol. The molecule has 0 unspecified atom stereocenters. The molecule has 6 heteroatoms. The molecule has 3 atom stereocenters. The number of nitrogens with zero attached hydrogens (tertiary/aromatic N) is 2. The molecule has 5 rings (SSSR count). The zero-order valence-electron chi connectivity index (χ0n) is 14.8. The molecule has 2 fully saturated rings. The van der Waals surface area contributed by atoms with Gasteiger partial charge in [-0.1, -0.05) is 18.2 Å². The quantitative estimate of drug-likeness (QED) is 0.882. The van der Waals surface area contributed by atoms with Crippen LogP contribution in [0.1, 0.15) is 43.0 Å². The Bertz CT molecular complexity index is 889. The molecule has 3 aliphatic heterocycles. The second kappa shape index (κ2) is 5.84. The number of hydrogen-bond donors (Lipinski definition) is 2. The van der Waals surface area contributed by atoms with Crippen molar-refractivity contribution in [2.75, 3.05) is 13.1 Å². The second-order valence-corrected chi connectivity index (χ2v) is 7.66. The zero-order chi connectivity index (χ0) is 17.8. The van der Waals surface area contributed by atoms with Crippen molar-refractivity contribution in [1.82, 2.24) is 14.8 Å². The van der Waals surface area contributed by atoms with Gasteiger partial charge in [-0.05, 0) is 43.9 Å². The van der Waals surface area contributed by atoms with Crippen LogP contribution in [0.25, 0.3) is 10.9 Å². The Morgan fingerprint density at radius 2 is 2.00 bits per heavy atom. The van der Waals surface area contributed by atoms with E-state index in [-0.39, 0.29) is 29.9 Å². The van der Waals surface area contributed by atoms with E-state index in [0.717, 1.165) is 36.9 Å². The molecule has 3 N–H and O–H groups in total. The van der Waals surface area contributed by atoms with E-state index in [1.165, 1.54) is 10.9 Å². The molecule has 0 spiro atoms. The first-order chi connectivity index (χ1) is 12.7. The first-order valence-electron chi connectivity index (χ1n) is 9.63. The van der Waals surface area contributed by atoms with Crippen LogP contribution in [0.5, 0.6) is 0 Å². The summed E-state index contributed by atoms with van der Waals surface area (Å²) in [5.41, 5.74) is 9.14. The molecule has 3 aliphatic rings. The molecular weight excluding hydrogens is 328 g/mol. The molecule has 26 heavy (non-hydrogen) atoms. The van der Waals surface area contributed by atoms with Gasteiger partial charge in [-0.15, -0.1) is 0 Å². The summed E-state index contributed by atoms with van der Waals surface area (Å²) in [5.74, 6) is 0.249. The fourth-order valence-electron chi connectivity index (χ4n) is 5.13. The molecule has 1 aromatic carbocycles. The van der Waals surface area contributed by atoms with Gasteiger partial charge >= 0.3 is 0 Å². The number of carbonyl (C=O) groups excluding carboxylic acids is 2. The Hall–Kier alpha value is -2.34. The number of amides is 2. The fraction of sp³-hybridized carbons (Fsp3) is 0.500. The maximum absolute atomic E-state index is 13.3. The zero-order valence-corrected chi connectivity index (χ0v) is 14.8. The normalized spacial score (nSPS) is 27.7. The van der Waals surface area contributed by atoms with Crippen LogP contribution in [-0.4, -0.2) is 51.8 Å². The van der Waals surface area contributed by atoms with Crippen LogP contribution in [0.15, 0.2) is 24.3 Å². The van der Waals surface area contributed by atoms with E-state index in [9.17, 15) is 9.59 Å². The highest BCUT2D eigenvalue weighted by Gasteiger charge is 2.52. The minimum atomic E-state index is -0.369. The minimum Gasteiger partial charge on any atom is -0.356 e. The lowest BCUT2D eigenvalue weighted by Crippen LogP contribution is -2.65. The molecular formula is C20H24N4O2. The van der Waals surface area contributed by atoms with E-state index in [1.807, 2.05) is 21.9 Å². The van der Waals surface area contributed by atoms with E-state index in [2.05, 4.69) is 17.1 Å². The third kappa shape index (κ3) is 2.08. The molecule has 136 valence electrons. The van der Waals surface area contributed by atoms with E-state index in [0.29, 0.717) is 19.5 Å². The summed E-state index contributed by atoms with van der Waals surface area (Å²) < 4.78 is 0. The summed E-state index contributed by atoms with van der Waals surface area (Å²) in [6.45, 7) is 1.30. The van der Waals surface area contributed by atoms with Crippen molar-refractivity contribution in [3.05, 3.63) is 35.5 Å². The van der Waals surface area contributed by atoms with Gasteiger partial charge in [-0.25, -0.2) is 0 Å². The second-order valence-electron chi connectivity index (χ2n) is 7.66. The van der Waals surface area contributed by atoms with Gasteiger partial charge in [0.2, 0.25) is 11.8 Å². The van der Waals surface area contributed by atoms with Crippen LogP contribution in [-0.2, 0) is 16.0 Å². The van der Waals surface area contributed by atoms with Crippen molar-refractivity contribution in [1.29, 1.82) is 0 Å². The Balaban J connectivity index is 1.65. The highest BCUT2D eigenvalue weighted by atomic mass is 16.2. The number of piperazine rings is 1. The van der Waals surface area contributed by atoms with Gasteiger partial charge in [0.1, 0.15) is 12.1 Å². The smallest absolute Gasteiger partial charge is 0.246 e. The van der Waals surface area contributed by atoms with Crippen molar-refractivity contribution >= 4 is 22.7 Å². The predicted octanol–water partition coefficient (Wildman–Crippen LogP) is 1.71. The van der Waals surface area contributed by atoms with Crippen LogP contribution < -0.4 is 5.73 Å². The number of hydrogen-bond acceptors (Lipinski definition) is 3. The SMILES string of the molecule is NCCC[C@@H]1c2[nH]c3ccccc3c2C[C@H]2C(=O)N3CCC[C@H]3C(=O)N12. The number of benzene rings is 1. The molecule has 2 saturated heterocycles. The Kier molecular flexibility index (Phi) is 3.57. The molecule has 4 heterocycles. The topological polar surface area (TPSA) is 82.4 Å². The van der Waals surface area contributed by atoms with Crippen LogP contribution in [0, 0.1) is 0 Å². The van der Waals surface area contributed by atoms with Crippen LogP contribution in [0.4, 0.5) is 0 Å². The van der Waals surface area contributed by atoms with Crippen LogP contribution in [0.3, 0.4) is 0 Å². The van der Waals surface area contributed by atoms with E-state index < -0.39 is 0 Å². The number of fused-ring (bicyclic) bond motifs is 5. The summed E-state index contributed by atoms with van der Waals surface area (Å²) >= 11 is 0. The Labute approximate surface area is 152 Å². The number of rotatable bonds is 3. The summed E-state index contributed by atoms with van der Waals surface area (Å²) in [6.07, 6.45) is 3.94. The first-order valence-corrected chi connectivity index (χ1v) is 9.63. The Morgan fingerprint density at radius 1 is 1.15 bits per heavy atom. The van der Waals surface area contributed by atoms with Gasteiger partial charge in [0, 0.05) is 29.6 Å². The van der Waals surface area contributed by atoms with Crippen molar-refractivity contribution < 1.29 is 9.59 Å². The van der Waals surface area contributed by atoms with E-state index >= 15 is 0 Å². The number of aromatic amines is 1. The molecule has 2 aromatic rings. The molecule has 6 nitrogen and oxygen atoms in total. The van der Waals surface area contributed by atoms with Crippen molar-refractivity contribution in [3.8, 4) is 0 Å². The number of nitrogens with one attached hydrogen (secondary N) is 1. The third-order valence-electron chi connectivity index (χ3n) is 6.29. The lowest BCUT2D eigenvalue weighted by Gasteiger charge is -2.48. The van der Waals surface area contributed by atoms with Crippen molar-refractivity contribution in [3.63, 3.8) is 0 Å². The van der Waals surface area contributed by atoms with Gasteiger partial charge in [0.15, 0.2) is 0 Å². The highest BCUT2D eigenvalue weighted by Crippen LogP contribution is 2.43. The van der Waals surface area contributed by atoms with Gasteiger partial charge in [-0.2, -0.15) is 0 Å². The third-order valence-corrected chi connectivity index (χ3v) is 6.29. The lowest BCUT2D eigenvalue weighted by molar-refractivity contribution is -0.163. The first kappa shape index (κ1) is 15.9. The number of H-pyrrole nitrogens is 1. The average Bonchev–Trinajstić information content (AvgIpc) is 3.28. The summed E-state index contributed by atoms with van der Waals surface area (Å²) in [4.78, 5) is 33.7. The molecule has 0 bridgehead atoms. The number of aromatic nitrogens is 1. The molecule has 0 aliphatic carbocycles. The molecule has 0 radical (unpaired) electrons. The summed E-state index contributed by atoms with van der Waals surface area (Å²) in [6, 6.07) is 7.50. The maximum atomic E-state index is 13.3. The van der Waals surface area contributed by atoms with Crippen molar-refractivity contribution in [2.24, 2.45) is 5.73 Å². The van der Waals surface area contributed by atoms with Gasteiger partial charge in [0.25, 0.3) is 0 Å². The maximum Gasteiger partial charge on any atom is 0.246 e. The molecule has 2 amide bonds. The molecule has 1 aromatic heterocycles. The highest BCUT2D eigenvalue weighted by molar-refractivity contribution is 5.99. The van der Waals surface area contributed by atoms with E-state index in [4.69, 9.17) is 5.73 Å². The summed E-state index contributed by atoms with van der Waals surface area (Å²) in [7, 11) is 0. The largest absolute Gasteiger partial charge is 0.356 e.